The lowest BCUT2D eigenvalue weighted by molar-refractivity contribution is -0.149. The topological polar surface area (TPSA) is 193 Å². The van der Waals surface area contributed by atoms with E-state index < -0.39 is 94.5 Å². The van der Waals surface area contributed by atoms with Crippen molar-refractivity contribution in [2.24, 2.45) is 0 Å². The second-order valence-corrected chi connectivity index (χ2v) is 12.1. The molecule has 1 aromatic rings. The van der Waals surface area contributed by atoms with E-state index in [1.165, 1.54) is 13.8 Å². The summed E-state index contributed by atoms with van der Waals surface area (Å²) in [6.07, 6.45) is -4.53. The van der Waals surface area contributed by atoms with Crippen LogP contribution in [0.5, 0.6) is 0 Å². The summed E-state index contributed by atoms with van der Waals surface area (Å²) in [6, 6.07) is -1.08. The van der Waals surface area contributed by atoms with Crippen LogP contribution in [0.15, 0.2) is 21.9 Å². The average molecular weight is 615 g/mol. The molecule has 1 aliphatic rings. The van der Waals surface area contributed by atoms with Crippen molar-refractivity contribution < 1.29 is 46.4 Å². The molecule has 0 aliphatic carbocycles. The molecule has 0 aromatic carbocycles. The minimum Gasteiger partial charge on any atom is -0.462 e. The van der Waals surface area contributed by atoms with E-state index in [0.717, 1.165) is 23.8 Å². The lowest BCUT2D eigenvalue weighted by Crippen LogP contribution is -2.45. The van der Waals surface area contributed by atoms with Gasteiger partial charge < -0.3 is 23.3 Å². The summed E-state index contributed by atoms with van der Waals surface area (Å²) in [4.78, 5) is 49.9. The Labute approximate surface area is 231 Å². The zero-order valence-electron chi connectivity index (χ0n) is 23.2. The number of esters is 2. The summed E-state index contributed by atoms with van der Waals surface area (Å²) in [5.74, 6) is -1.38. The summed E-state index contributed by atoms with van der Waals surface area (Å²) >= 11 is 0. The van der Waals surface area contributed by atoms with Crippen molar-refractivity contribution in [3.8, 4) is 0 Å². The number of hydrogen-bond acceptors (Lipinski definition) is 11. The van der Waals surface area contributed by atoms with Crippen LogP contribution in [-0.2, 0) is 42.0 Å². The second-order valence-electron chi connectivity index (χ2n) is 9.82. The van der Waals surface area contributed by atoms with Crippen LogP contribution in [0.3, 0.4) is 0 Å². The van der Waals surface area contributed by atoms with Crippen LogP contribution in [0.4, 0.5) is 4.39 Å². The maximum absolute atomic E-state index is 16.2. The number of rotatable bonds is 14. The summed E-state index contributed by atoms with van der Waals surface area (Å²) in [5, 5.41) is 4.86. The molecule has 2 unspecified atom stereocenters. The van der Waals surface area contributed by atoms with Crippen molar-refractivity contribution in [2.75, 3.05) is 6.61 Å². The van der Waals surface area contributed by atoms with Gasteiger partial charge in [0.05, 0.1) is 18.8 Å². The molecular formula is C22H37FN4O11P2. The van der Waals surface area contributed by atoms with E-state index in [1.54, 1.807) is 27.7 Å². The zero-order valence-corrected chi connectivity index (χ0v) is 25.2. The number of H-pyrrole nitrogens is 1. The Morgan fingerprint density at radius 2 is 1.57 bits per heavy atom. The van der Waals surface area contributed by atoms with E-state index in [2.05, 4.69) is 10.2 Å². The fourth-order valence-corrected chi connectivity index (χ4v) is 5.65. The molecular weight excluding hydrogens is 577 g/mol. The minimum atomic E-state index is -3.32. The van der Waals surface area contributed by atoms with Gasteiger partial charge in [-0.05, 0) is 48.5 Å². The predicted octanol–water partition coefficient (Wildman–Crippen LogP) is 1.20. The molecule has 0 spiro atoms. The molecule has 0 radical (unpaired) electrons. The first-order chi connectivity index (χ1) is 18.5. The van der Waals surface area contributed by atoms with Crippen LogP contribution in [0.1, 0.15) is 54.7 Å². The van der Waals surface area contributed by atoms with Crippen molar-refractivity contribution >= 4 is 28.3 Å². The highest BCUT2D eigenvalue weighted by Crippen LogP contribution is 2.45. The van der Waals surface area contributed by atoms with Gasteiger partial charge in [0, 0.05) is 12.3 Å². The van der Waals surface area contributed by atoms with Crippen molar-refractivity contribution in [1.29, 1.82) is 0 Å². The van der Waals surface area contributed by atoms with Gasteiger partial charge in [-0.1, -0.05) is 0 Å². The maximum Gasteiger partial charge on any atom is 0.330 e. The highest BCUT2D eigenvalue weighted by Gasteiger charge is 2.57. The first kappa shape index (κ1) is 34.0. The Balaban J connectivity index is 2.22. The van der Waals surface area contributed by atoms with E-state index in [0.29, 0.717) is 0 Å². The van der Waals surface area contributed by atoms with Crippen LogP contribution in [-0.4, -0.2) is 70.3 Å². The van der Waals surface area contributed by atoms with Gasteiger partial charge in [-0.2, -0.15) is 0 Å². The number of carbonyl (C=O) groups is 2. The molecule has 1 aromatic heterocycles. The SMILES string of the molecule is CC(C)OC(=O)[C@H](C)N[PH](=O)OC[C@H]1O[C@@H](n2ccc(=O)[nH]c2=O)[C@](C)(F)[C@@H]1O[PH](=O)N[C@@H](C)C(=O)OC(C)C. The summed E-state index contributed by atoms with van der Waals surface area (Å²) < 4.78 is 68.7. The van der Waals surface area contributed by atoms with Crippen molar-refractivity contribution in [3.05, 3.63) is 33.1 Å². The van der Waals surface area contributed by atoms with Crippen LogP contribution in [0, 0.1) is 0 Å². The third-order valence-electron chi connectivity index (χ3n) is 5.48. The smallest absolute Gasteiger partial charge is 0.330 e. The Morgan fingerprint density at radius 3 is 2.08 bits per heavy atom. The molecule has 3 N–H and O–H groups in total. The van der Waals surface area contributed by atoms with E-state index in [-0.39, 0.29) is 0 Å². The first-order valence-corrected chi connectivity index (χ1v) is 15.1. The number of ether oxygens (including phenoxy) is 3. The van der Waals surface area contributed by atoms with Gasteiger partial charge in [0.25, 0.3) is 21.9 Å². The van der Waals surface area contributed by atoms with Crippen LogP contribution in [0.25, 0.3) is 0 Å². The number of carbonyl (C=O) groups excluding carboxylic acids is 2. The van der Waals surface area contributed by atoms with Gasteiger partial charge >= 0.3 is 17.6 Å². The Bertz CT molecular complexity index is 1210. The first-order valence-electron chi connectivity index (χ1n) is 12.5. The lowest BCUT2D eigenvalue weighted by Gasteiger charge is -2.28. The fourth-order valence-electron chi connectivity index (χ4n) is 3.63. The van der Waals surface area contributed by atoms with E-state index in [9.17, 15) is 28.3 Å². The number of aromatic nitrogens is 2. The molecule has 18 heteroatoms. The van der Waals surface area contributed by atoms with Crippen molar-refractivity contribution in [3.63, 3.8) is 0 Å². The number of halogens is 1. The van der Waals surface area contributed by atoms with Gasteiger partial charge in [0.2, 0.25) is 0 Å². The number of nitrogens with one attached hydrogen (secondary N) is 3. The summed E-state index contributed by atoms with van der Waals surface area (Å²) in [5.41, 5.74) is -4.25. The Morgan fingerprint density at radius 1 is 1.05 bits per heavy atom. The molecule has 2 heterocycles. The molecule has 0 saturated carbocycles. The molecule has 1 fully saturated rings. The summed E-state index contributed by atoms with van der Waals surface area (Å²) in [7, 11) is -6.42. The maximum atomic E-state index is 16.2. The van der Waals surface area contributed by atoms with Crippen LogP contribution >= 0.6 is 16.4 Å². The van der Waals surface area contributed by atoms with Gasteiger partial charge in [-0.15, -0.1) is 0 Å². The predicted molar refractivity (Wildman–Crippen MR) is 141 cm³/mol. The van der Waals surface area contributed by atoms with Gasteiger partial charge in [-0.3, -0.25) is 33.1 Å². The minimum absolute atomic E-state index is 0.396. The number of alkyl halides is 1. The molecule has 0 amide bonds. The van der Waals surface area contributed by atoms with Gasteiger partial charge in [0.15, 0.2) is 11.9 Å². The van der Waals surface area contributed by atoms with E-state index in [4.69, 9.17) is 23.3 Å². The molecule has 2 rings (SSSR count). The van der Waals surface area contributed by atoms with Crippen LogP contribution in [0.2, 0.25) is 0 Å². The van der Waals surface area contributed by atoms with Crippen molar-refractivity contribution in [2.45, 2.75) is 96.9 Å². The number of nitrogens with zero attached hydrogens (tertiary/aromatic N) is 1. The third kappa shape index (κ3) is 9.44. The Hall–Kier alpha value is -2.19. The van der Waals surface area contributed by atoms with Crippen molar-refractivity contribution in [1.82, 2.24) is 19.7 Å². The highest BCUT2D eigenvalue weighted by molar-refractivity contribution is 7.37. The molecule has 1 saturated heterocycles. The molecule has 1 aliphatic heterocycles. The number of hydrogen-bond donors (Lipinski definition) is 3. The summed E-state index contributed by atoms with van der Waals surface area (Å²) in [6.45, 7) is 9.80. The molecule has 15 nitrogen and oxygen atoms in total. The third-order valence-corrected chi connectivity index (χ3v) is 7.71. The quantitative estimate of drug-likeness (QED) is 0.200. The average Bonchev–Trinajstić information content (AvgIpc) is 3.06. The van der Waals surface area contributed by atoms with Gasteiger partial charge in [-0.25, -0.2) is 19.4 Å². The van der Waals surface area contributed by atoms with E-state index in [1.807, 2.05) is 4.98 Å². The normalized spacial score (nSPS) is 25.9. The standard InChI is InChI=1S/C22H37FN4O11P2/c1-11(2)35-18(29)13(5)25-39(32)34-10-15-17(38-40(33)26-14(6)19(30)36-12(3)4)22(7,23)20(37-15)27-9-8-16(28)24-21(27)31/h8-9,11-15,17,20,39-40H,10H2,1-7H3,(H,25,32)(H,26,33)(H,24,28,31)/t13-,14-,15+,17+,20+,22+/m0/s1. The fraction of sp³-hybridized carbons (Fsp3) is 0.727. The monoisotopic (exact) mass is 614 g/mol. The highest BCUT2D eigenvalue weighted by atomic mass is 31.1. The molecule has 40 heavy (non-hydrogen) atoms. The van der Waals surface area contributed by atoms with E-state index >= 15 is 4.39 Å². The lowest BCUT2D eigenvalue weighted by atomic mass is 9.98. The molecule has 8 atom stereocenters. The zero-order chi connectivity index (χ0) is 30.4. The Kier molecular flexibility index (Phi) is 12.4. The van der Waals surface area contributed by atoms with Crippen LogP contribution < -0.4 is 21.4 Å². The van der Waals surface area contributed by atoms with Gasteiger partial charge in [0.1, 0.15) is 24.3 Å². The molecule has 0 bridgehead atoms. The molecule has 228 valence electrons. The number of aromatic amines is 1. The second kappa shape index (κ2) is 14.6. The largest absolute Gasteiger partial charge is 0.462 e.